The Morgan fingerprint density at radius 3 is 3.12 bits per heavy atom. The number of aryl methyl sites for hydroxylation is 1. The van der Waals surface area contributed by atoms with Gasteiger partial charge < -0.3 is 9.47 Å². The van der Waals surface area contributed by atoms with Crippen molar-refractivity contribution in [1.82, 2.24) is 14.5 Å². The molecule has 1 saturated heterocycles. The monoisotopic (exact) mass is 253 g/mol. The van der Waals surface area contributed by atoms with E-state index >= 15 is 0 Å². The lowest BCUT2D eigenvalue weighted by molar-refractivity contribution is -0.129. The van der Waals surface area contributed by atoms with Crippen molar-refractivity contribution in [2.45, 2.75) is 18.8 Å². The molecule has 1 aliphatic rings. The summed E-state index contributed by atoms with van der Waals surface area (Å²) in [7, 11) is 2.02. The Balaban J connectivity index is 2.02. The molecule has 0 spiro atoms. The summed E-state index contributed by atoms with van der Waals surface area (Å²) < 4.78 is 2.06. The summed E-state index contributed by atoms with van der Waals surface area (Å²) in [6, 6.07) is 0. The minimum absolute atomic E-state index is 0.261. The molecule has 2 rings (SSSR count). The van der Waals surface area contributed by atoms with Crippen molar-refractivity contribution in [3.63, 3.8) is 0 Å². The SMILES string of the molecule is CSCC(=O)N1CCC[C@H](c2nccn2C)C1. The van der Waals surface area contributed by atoms with E-state index in [0.29, 0.717) is 11.7 Å². The van der Waals surface area contributed by atoms with Gasteiger partial charge in [-0.05, 0) is 19.1 Å². The number of hydrogen-bond donors (Lipinski definition) is 0. The number of rotatable bonds is 3. The number of nitrogens with zero attached hydrogens (tertiary/aromatic N) is 3. The van der Waals surface area contributed by atoms with Gasteiger partial charge in [-0.25, -0.2) is 4.98 Å². The summed E-state index contributed by atoms with van der Waals surface area (Å²) in [4.78, 5) is 18.3. The Bertz CT molecular complexity index is 391. The number of thioether (sulfide) groups is 1. The van der Waals surface area contributed by atoms with E-state index in [1.165, 1.54) is 0 Å². The molecule has 1 atom stereocenters. The van der Waals surface area contributed by atoms with Crippen LogP contribution in [-0.4, -0.2) is 45.5 Å². The van der Waals surface area contributed by atoms with Gasteiger partial charge >= 0.3 is 0 Å². The lowest BCUT2D eigenvalue weighted by atomic mass is 9.97. The van der Waals surface area contributed by atoms with Crippen LogP contribution in [0, 0.1) is 0 Å². The summed E-state index contributed by atoms with van der Waals surface area (Å²) in [5.74, 6) is 2.35. The molecule has 0 N–H and O–H groups in total. The van der Waals surface area contributed by atoms with Gasteiger partial charge in [-0.15, -0.1) is 0 Å². The van der Waals surface area contributed by atoms with Gasteiger partial charge in [-0.3, -0.25) is 4.79 Å². The molecule has 1 aliphatic heterocycles. The van der Waals surface area contributed by atoms with Crippen LogP contribution >= 0.6 is 11.8 Å². The van der Waals surface area contributed by atoms with Crippen molar-refractivity contribution in [3.8, 4) is 0 Å². The van der Waals surface area contributed by atoms with E-state index in [9.17, 15) is 4.79 Å². The highest BCUT2D eigenvalue weighted by molar-refractivity contribution is 7.99. The van der Waals surface area contributed by atoms with Gasteiger partial charge in [0, 0.05) is 38.4 Å². The topological polar surface area (TPSA) is 38.1 Å². The second kappa shape index (κ2) is 5.58. The normalized spacial score (nSPS) is 20.6. The number of carbonyl (C=O) groups excluding carboxylic acids is 1. The van der Waals surface area contributed by atoms with Gasteiger partial charge in [0.15, 0.2) is 0 Å². The fraction of sp³-hybridized carbons (Fsp3) is 0.667. The van der Waals surface area contributed by atoms with Crippen LogP contribution in [0.4, 0.5) is 0 Å². The molecule has 2 heterocycles. The maximum atomic E-state index is 11.9. The van der Waals surface area contributed by atoms with Crippen molar-refractivity contribution in [1.29, 1.82) is 0 Å². The predicted octanol–water partition coefficient (Wildman–Crippen LogP) is 1.49. The highest BCUT2D eigenvalue weighted by Crippen LogP contribution is 2.25. The molecule has 1 fully saturated rings. The summed E-state index contributed by atoms with van der Waals surface area (Å²) >= 11 is 1.59. The van der Waals surface area contributed by atoms with Gasteiger partial charge in [-0.2, -0.15) is 11.8 Å². The zero-order valence-electron chi connectivity index (χ0n) is 10.4. The summed E-state index contributed by atoms with van der Waals surface area (Å²) in [5.41, 5.74) is 0. The molecule has 5 heteroatoms. The van der Waals surface area contributed by atoms with E-state index in [-0.39, 0.29) is 5.91 Å². The first-order valence-electron chi connectivity index (χ1n) is 5.96. The fourth-order valence-electron chi connectivity index (χ4n) is 2.40. The highest BCUT2D eigenvalue weighted by Gasteiger charge is 2.26. The van der Waals surface area contributed by atoms with Crippen LogP contribution in [0.5, 0.6) is 0 Å². The van der Waals surface area contributed by atoms with Gasteiger partial charge in [0.1, 0.15) is 5.82 Å². The molecule has 17 heavy (non-hydrogen) atoms. The Kier molecular flexibility index (Phi) is 4.10. The molecule has 0 aliphatic carbocycles. The second-order valence-corrected chi connectivity index (χ2v) is 5.37. The third kappa shape index (κ3) is 2.83. The van der Waals surface area contributed by atoms with Crippen LogP contribution in [0.1, 0.15) is 24.6 Å². The lowest BCUT2D eigenvalue weighted by Gasteiger charge is -2.32. The van der Waals surface area contributed by atoms with E-state index in [4.69, 9.17) is 0 Å². The number of imidazole rings is 1. The Hall–Kier alpha value is -0.970. The third-order valence-corrected chi connectivity index (χ3v) is 3.80. The van der Waals surface area contributed by atoms with E-state index < -0.39 is 0 Å². The maximum Gasteiger partial charge on any atom is 0.232 e. The predicted molar refractivity (Wildman–Crippen MR) is 70.1 cm³/mol. The number of carbonyl (C=O) groups is 1. The van der Waals surface area contributed by atoms with E-state index in [1.54, 1.807) is 11.8 Å². The van der Waals surface area contributed by atoms with Crippen molar-refractivity contribution >= 4 is 17.7 Å². The molecule has 0 unspecified atom stereocenters. The average molecular weight is 253 g/mol. The molecule has 1 amide bonds. The summed E-state index contributed by atoms with van der Waals surface area (Å²) in [6.07, 6.45) is 7.99. The van der Waals surface area contributed by atoms with Crippen LogP contribution in [0.2, 0.25) is 0 Å². The Morgan fingerprint density at radius 1 is 1.65 bits per heavy atom. The maximum absolute atomic E-state index is 11.9. The first-order valence-corrected chi connectivity index (χ1v) is 7.35. The van der Waals surface area contributed by atoms with E-state index in [0.717, 1.165) is 31.8 Å². The minimum atomic E-state index is 0.261. The number of aromatic nitrogens is 2. The highest BCUT2D eigenvalue weighted by atomic mass is 32.2. The zero-order valence-corrected chi connectivity index (χ0v) is 11.2. The Labute approximate surface area is 106 Å². The van der Waals surface area contributed by atoms with Gasteiger partial charge in [-0.1, -0.05) is 0 Å². The molecule has 0 saturated carbocycles. The van der Waals surface area contributed by atoms with Crippen LogP contribution in [0.15, 0.2) is 12.4 Å². The largest absolute Gasteiger partial charge is 0.341 e. The zero-order chi connectivity index (χ0) is 12.3. The molecule has 0 radical (unpaired) electrons. The van der Waals surface area contributed by atoms with Crippen molar-refractivity contribution < 1.29 is 4.79 Å². The molecule has 94 valence electrons. The number of piperidine rings is 1. The van der Waals surface area contributed by atoms with Crippen molar-refractivity contribution in [2.24, 2.45) is 7.05 Å². The summed E-state index contributed by atoms with van der Waals surface area (Å²) in [6.45, 7) is 1.73. The molecular formula is C12H19N3OS. The van der Waals surface area contributed by atoms with Crippen LogP contribution in [0.25, 0.3) is 0 Å². The van der Waals surface area contributed by atoms with Crippen molar-refractivity contribution in [2.75, 3.05) is 25.1 Å². The third-order valence-electron chi connectivity index (χ3n) is 3.27. The molecule has 1 aromatic rings. The fourth-order valence-corrected chi connectivity index (χ4v) is 2.83. The van der Waals surface area contributed by atoms with Crippen LogP contribution in [-0.2, 0) is 11.8 Å². The molecule has 4 nitrogen and oxygen atoms in total. The molecular weight excluding hydrogens is 234 g/mol. The van der Waals surface area contributed by atoms with E-state index in [1.807, 2.05) is 30.6 Å². The first kappa shape index (κ1) is 12.5. The second-order valence-electron chi connectivity index (χ2n) is 4.51. The number of amides is 1. The van der Waals surface area contributed by atoms with Crippen molar-refractivity contribution in [3.05, 3.63) is 18.2 Å². The van der Waals surface area contributed by atoms with Gasteiger partial charge in [0.25, 0.3) is 0 Å². The standard InChI is InChI=1S/C12H19N3OS/c1-14-7-5-13-12(14)10-4-3-6-15(8-10)11(16)9-17-2/h5,7,10H,3-4,6,8-9H2,1-2H3/t10-/m0/s1. The lowest BCUT2D eigenvalue weighted by Crippen LogP contribution is -2.40. The van der Waals surface area contributed by atoms with Gasteiger partial charge in [0.2, 0.25) is 5.91 Å². The van der Waals surface area contributed by atoms with Gasteiger partial charge in [0.05, 0.1) is 5.75 Å². The average Bonchev–Trinajstić information content (AvgIpc) is 2.76. The van der Waals surface area contributed by atoms with Crippen LogP contribution in [0.3, 0.4) is 0 Å². The molecule has 0 bridgehead atoms. The summed E-state index contributed by atoms with van der Waals surface area (Å²) in [5, 5.41) is 0. The minimum Gasteiger partial charge on any atom is -0.341 e. The first-order chi connectivity index (χ1) is 8.22. The van der Waals surface area contributed by atoms with Crippen LogP contribution < -0.4 is 0 Å². The quantitative estimate of drug-likeness (QED) is 0.819. The number of likely N-dealkylation sites (tertiary alicyclic amines) is 1. The molecule has 0 aromatic carbocycles. The number of hydrogen-bond acceptors (Lipinski definition) is 3. The Morgan fingerprint density at radius 2 is 2.47 bits per heavy atom. The molecule has 1 aromatic heterocycles. The van der Waals surface area contributed by atoms with E-state index in [2.05, 4.69) is 9.55 Å². The smallest absolute Gasteiger partial charge is 0.232 e.